The lowest BCUT2D eigenvalue weighted by atomic mass is 9.93. The molecule has 18 heteroatoms. The van der Waals surface area contributed by atoms with Crippen molar-refractivity contribution in [2.24, 2.45) is 0 Å². The number of aromatic nitrogens is 9. The van der Waals surface area contributed by atoms with Crippen LogP contribution in [0, 0.1) is 23.3 Å². The predicted molar refractivity (Wildman–Crippen MR) is 197 cm³/mol. The molecule has 0 aliphatic heterocycles. The molecule has 0 radical (unpaired) electrons. The van der Waals surface area contributed by atoms with Crippen molar-refractivity contribution in [3.05, 3.63) is 174 Å². The largest absolute Gasteiger partial charge is 0.490 e. The van der Waals surface area contributed by atoms with E-state index < -0.39 is 41.1 Å². The number of carbonyl (C=O) groups excluding carboxylic acids is 1. The third-order valence-electron chi connectivity index (χ3n) is 8.97. The van der Waals surface area contributed by atoms with Crippen LogP contribution in [0.2, 0.25) is 0 Å². The summed E-state index contributed by atoms with van der Waals surface area (Å²) >= 11 is 0. The molecule has 0 aliphatic rings. The molecular weight excluding hydrogens is 762 g/mol. The number of allylic oxidation sites excluding steroid dienone is 1. The van der Waals surface area contributed by atoms with Crippen molar-refractivity contribution in [3.8, 4) is 11.5 Å². The van der Waals surface area contributed by atoms with Crippen LogP contribution in [-0.2, 0) is 37.4 Å². The molecule has 58 heavy (non-hydrogen) atoms. The first-order valence-electron chi connectivity index (χ1n) is 17.5. The zero-order chi connectivity index (χ0) is 40.7. The Kier molecular flexibility index (Phi) is 11.5. The van der Waals surface area contributed by atoms with Gasteiger partial charge in [-0.05, 0) is 60.2 Å². The van der Waals surface area contributed by atoms with Crippen molar-refractivity contribution >= 4 is 11.9 Å². The third kappa shape index (κ3) is 9.48. The van der Waals surface area contributed by atoms with Crippen molar-refractivity contribution in [3.63, 3.8) is 0 Å². The molecule has 0 fully saturated rings. The summed E-state index contributed by atoms with van der Waals surface area (Å²) in [7, 11) is 0. The zero-order valence-electron chi connectivity index (χ0n) is 30.3. The molecule has 0 spiro atoms. The first-order valence-corrected chi connectivity index (χ1v) is 17.5. The molecule has 3 aromatic heterocycles. The van der Waals surface area contributed by atoms with Gasteiger partial charge in [-0.15, -0.1) is 5.10 Å². The van der Waals surface area contributed by atoms with Gasteiger partial charge in [-0.3, -0.25) is 4.79 Å². The van der Waals surface area contributed by atoms with Crippen molar-refractivity contribution in [1.82, 2.24) is 44.5 Å². The lowest BCUT2D eigenvalue weighted by Crippen LogP contribution is -2.39. The molecule has 2 N–H and O–H groups in total. The van der Waals surface area contributed by atoms with Gasteiger partial charge in [0.15, 0.2) is 5.78 Å². The van der Waals surface area contributed by atoms with Gasteiger partial charge in [-0.2, -0.15) is 10.2 Å². The Labute approximate surface area is 327 Å². The lowest BCUT2D eigenvalue weighted by Gasteiger charge is -2.29. The van der Waals surface area contributed by atoms with Crippen LogP contribution in [0.5, 0.6) is 11.5 Å². The average molecular weight is 796 g/mol. The number of aliphatic hydroxyl groups is 2. The highest BCUT2D eigenvalue weighted by molar-refractivity contribution is 6.06. The number of ketones is 1. The van der Waals surface area contributed by atoms with Gasteiger partial charge in [0.25, 0.3) is 0 Å². The van der Waals surface area contributed by atoms with E-state index in [1.807, 2.05) is 0 Å². The molecule has 2 unspecified atom stereocenters. The Morgan fingerprint density at radius 2 is 1.24 bits per heavy atom. The van der Waals surface area contributed by atoms with E-state index in [4.69, 9.17) is 9.47 Å². The summed E-state index contributed by atoms with van der Waals surface area (Å²) in [4.78, 5) is 20.6. The van der Waals surface area contributed by atoms with Crippen LogP contribution in [0.25, 0.3) is 6.08 Å². The van der Waals surface area contributed by atoms with Crippen molar-refractivity contribution in [1.29, 1.82) is 0 Å². The molecule has 0 saturated heterocycles. The van der Waals surface area contributed by atoms with E-state index in [9.17, 15) is 32.6 Å². The molecule has 0 bridgehead atoms. The summed E-state index contributed by atoms with van der Waals surface area (Å²) in [5, 5.41) is 39.1. The fourth-order valence-electron chi connectivity index (χ4n) is 6.10. The summed E-state index contributed by atoms with van der Waals surface area (Å²) in [6, 6.07) is 18.8. The van der Waals surface area contributed by atoms with Crippen LogP contribution in [0.15, 0.2) is 123 Å². The first kappa shape index (κ1) is 39.2. The van der Waals surface area contributed by atoms with E-state index in [1.54, 1.807) is 42.5 Å². The molecule has 7 rings (SSSR count). The molecule has 296 valence electrons. The quantitative estimate of drug-likeness (QED) is 0.0720. The molecule has 0 amide bonds. The van der Waals surface area contributed by atoms with E-state index >= 15 is 0 Å². The molecule has 0 aliphatic carbocycles. The van der Waals surface area contributed by atoms with E-state index in [-0.39, 0.29) is 43.2 Å². The predicted octanol–water partition coefficient (Wildman–Crippen LogP) is 5.05. The van der Waals surface area contributed by atoms with Crippen molar-refractivity contribution < 1.29 is 42.0 Å². The third-order valence-corrected chi connectivity index (χ3v) is 8.97. The number of hydrogen-bond donors (Lipinski definition) is 2. The minimum Gasteiger partial charge on any atom is -0.490 e. The topological polar surface area (TPSA) is 168 Å². The smallest absolute Gasteiger partial charge is 0.185 e. The summed E-state index contributed by atoms with van der Waals surface area (Å²) in [5.41, 5.74) is -2.67. The lowest BCUT2D eigenvalue weighted by molar-refractivity contribution is -0.0297. The molecule has 2 atom stereocenters. The minimum atomic E-state index is -1.94. The fraction of sp³-hybridized carbons (Fsp3) is 0.175. The Morgan fingerprint density at radius 1 is 0.690 bits per heavy atom. The number of hydrogen-bond acceptors (Lipinski definition) is 11. The summed E-state index contributed by atoms with van der Waals surface area (Å²) < 4.78 is 72.3. The Hall–Kier alpha value is -7.05. The number of ether oxygens (including phenoxy) is 2. The van der Waals surface area contributed by atoms with Crippen LogP contribution in [0.1, 0.15) is 32.7 Å². The zero-order valence-corrected chi connectivity index (χ0v) is 30.3. The molecule has 14 nitrogen and oxygen atoms in total. The first-order chi connectivity index (χ1) is 27.9. The number of carbonyl (C=O) groups is 1. The molecule has 7 aromatic rings. The summed E-state index contributed by atoms with van der Waals surface area (Å²) in [6.45, 7) is -1.06. The summed E-state index contributed by atoms with van der Waals surface area (Å²) in [6.07, 6.45) is 9.80. The highest BCUT2D eigenvalue weighted by Gasteiger charge is 2.36. The second kappa shape index (κ2) is 17.0. The van der Waals surface area contributed by atoms with Gasteiger partial charge >= 0.3 is 0 Å². The maximum Gasteiger partial charge on any atom is 0.185 e. The highest BCUT2D eigenvalue weighted by atomic mass is 19.1. The Morgan fingerprint density at radius 3 is 1.83 bits per heavy atom. The van der Waals surface area contributed by atoms with Gasteiger partial charge in [0, 0.05) is 28.8 Å². The normalized spacial score (nSPS) is 13.6. The van der Waals surface area contributed by atoms with Crippen LogP contribution in [-0.4, -0.2) is 67.1 Å². The van der Waals surface area contributed by atoms with Gasteiger partial charge in [0.2, 0.25) is 0 Å². The van der Waals surface area contributed by atoms with Crippen LogP contribution >= 0.6 is 0 Å². The minimum absolute atomic E-state index is 0.0179. The monoisotopic (exact) mass is 795 g/mol. The van der Waals surface area contributed by atoms with Gasteiger partial charge < -0.3 is 19.7 Å². The number of benzene rings is 4. The molecule has 0 saturated carbocycles. The van der Waals surface area contributed by atoms with E-state index in [2.05, 4.69) is 30.5 Å². The number of nitrogens with zero attached hydrogens (tertiary/aromatic N) is 9. The van der Waals surface area contributed by atoms with E-state index in [1.165, 1.54) is 69.8 Å². The molecular formula is C40H33F4N9O5. The van der Waals surface area contributed by atoms with Gasteiger partial charge in [0.05, 0.1) is 25.8 Å². The second-order valence-electron chi connectivity index (χ2n) is 13.3. The van der Waals surface area contributed by atoms with Crippen LogP contribution < -0.4 is 9.47 Å². The second-order valence-corrected chi connectivity index (χ2v) is 13.3. The van der Waals surface area contributed by atoms with Gasteiger partial charge in [-0.1, -0.05) is 35.6 Å². The number of rotatable bonds is 17. The van der Waals surface area contributed by atoms with Gasteiger partial charge in [0.1, 0.15) is 90.2 Å². The Balaban J connectivity index is 0.925. The van der Waals surface area contributed by atoms with Crippen molar-refractivity contribution in [2.45, 2.75) is 37.4 Å². The van der Waals surface area contributed by atoms with E-state index in [0.717, 1.165) is 18.2 Å². The Bertz CT molecular complexity index is 2500. The maximum absolute atomic E-state index is 14.8. The standard InChI is InChI=1S/C40H33F4N9O5/c41-29-6-12-34(36(43)15-29)39(55,20-52-25-45-23-47-52)19-51-17-31(49-50-51)18-57-32-8-1-27(2-9-32)3-14-38(54)28-4-10-33(11-5-28)58-22-40(56,21-53-26-46-24-48-53)35-13-7-30(42)16-37(35)44/h1-17,23-26,55-56H,18-22H2/b14-3+. The molecule has 4 aromatic carbocycles. The van der Waals surface area contributed by atoms with E-state index in [0.29, 0.717) is 40.5 Å². The highest BCUT2D eigenvalue weighted by Crippen LogP contribution is 2.30. The van der Waals surface area contributed by atoms with Crippen LogP contribution in [0.4, 0.5) is 17.6 Å². The average Bonchev–Trinajstić information content (AvgIpc) is 4.01. The fourth-order valence-corrected chi connectivity index (χ4v) is 6.10. The van der Waals surface area contributed by atoms with Crippen LogP contribution in [0.3, 0.4) is 0 Å². The van der Waals surface area contributed by atoms with Gasteiger partial charge in [-0.25, -0.2) is 41.6 Å². The maximum atomic E-state index is 14.8. The summed E-state index contributed by atoms with van der Waals surface area (Å²) in [5.74, 6) is -2.95. The molecule has 3 heterocycles. The van der Waals surface area contributed by atoms with Crippen molar-refractivity contribution in [2.75, 3.05) is 6.61 Å². The SMILES string of the molecule is O=C(/C=C/c1ccc(OCc2cn(CC(O)(Cn3cncn3)c3ccc(F)cc3F)nn2)cc1)c1ccc(OCC(O)(Cn2cncn2)c2ccc(F)cc2F)cc1. The number of halogens is 4.